The number of nitrogens with one attached hydrogen (secondary N) is 3. The fraction of sp³-hybridized carbons (Fsp3) is 0.429. The van der Waals surface area contributed by atoms with Crippen molar-refractivity contribution in [3.05, 3.63) is 18.2 Å². The van der Waals surface area contributed by atoms with Crippen molar-refractivity contribution in [1.82, 2.24) is 15.1 Å². The van der Waals surface area contributed by atoms with Gasteiger partial charge in [0.2, 0.25) is 5.91 Å². The minimum Gasteiger partial charge on any atom is -0.360 e. The van der Waals surface area contributed by atoms with Gasteiger partial charge in [-0.1, -0.05) is 19.0 Å². The maximum atomic E-state index is 12.2. The molecule has 1 aliphatic heterocycles. The Morgan fingerprint density at radius 2 is 2.23 bits per heavy atom. The van der Waals surface area contributed by atoms with Gasteiger partial charge in [0.05, 0.1) is 0 Å². The number of carbonyl (C=O) groups excluding carboxylic acids is 1. The molecule has 0 fully saturated rings. The van der Waals surface area contributed by atoms with E-state index in [1.54, 1.807) is 13.0 Å². The zero-order valence-electron chi connectivity index (χ0n) is 12.7. The van der Waals surface area contributed by atoms with Gasteiger partial charge in [0, 0.05) is 6.07 Å². The molecule has 1 unspecified atom stereocenters. The molecule has 0 radical (unpaired) electrons. The molecule has 22 heavy (non-hydrogen) atoms. The molecule has 0 bridgehead atoms. The van der Waals surface area contributed by atoms with Crippen LogP contribution in [0.4, 0.5) is 23.1 Å². The van der Waals surface area contributed by atoms with Gasteiger partial charge in [-0.15, -0.1) is 0 Å². The molecular weight excluding hydrogens is 284 g/mol. The van der Waals surface area contributed by atoms with E-state index in [2.05, 4.69) is 44.9 Å². The molecule has 1 amide bonds. The Hall–Kier alpha value is -2.64. The Kier molecular flexibility index (Phi) is 3.66. The number of hydrogen-bond acceptors (Lipinski definition) is 7. The number of aryl methyl sites for hydroxylation is 1. The van der Waals surface area contributed by atoms with E-state index < -0.39 is 0 Å². The summed E-state index contributed by atoms with van der Waals surface area (Å²) in [6.45, 7) is 5.95. The quantitative estimate of drug-likeness (QED) is 0.795. The van der Waals surface area contributed by atoms with Gasteiger partial charge < -0.3 is 20.5 Å². The Balaban J connectivity index is 1.86. The second-order valence-electron chi connectivity index (χ2n) is 5.71. The van der Waals surface area contributed by atoms with Crippen LogP contribution in [0.15, 0.2) is 16.9 Å². The van der Waals surface area contributed by atoms with Crippen LogP contribution in [0.5, 0.6) is 0 Å². The first kappa shape index (κ1) is 14.3. The van der Waals surface area contributed by atoms with E-state index in [9.17, 15) is 4.79 Å². The largest absolute Gasteiger partial charge is 0.360 e. The van der Waals surface area contributed by atoms with Crippen molar-refractivity contribution in [3.63, 3.8) is 0 Å². The lowest BCUT2D eigenvalue weighted by Gasteiger charge is -2.27. The molecule has 2 aromatic rings. The molecule has 2 aromatic heterocycles. The predicted octanol–water partition coefficient (Wildman–Crippen LogP) is 2.30. The first-order chi connectivity index (χ1) is 10.5. The Morgan fingerprint density at radius 3 is 2.91 bits per heavy atom. The van der Waals surface area contributed by atoms with Crippen LogP contribution in [0.2, 0.25) is 0 Å². The van der Waals surface area contributed by atoms with Gasteiger partial charge in [-0.25, -0.2) is 9.97 Å². The molecule has 8 nitrogen and oxygen atoms in total. The highest BCUT2D eigenvalue weighted by Gasteiger charge is 2.29. The maximum Gasteiger partial charge on any atom is 0.247 e. The van der Waals surface area contributed by atoms with E-state index in [0.717, 1.165) is 6.42 Å². The second-order valence-corrected chi connectivity index (χ2v) is 5.71. The van der Waals surface area contributed by atoms with Crippen molar-refractivity contribution in [2.24, 2.45) is 5.92 Å². The van der Waals surface area contributed by atoms with E-state index in [-0.39, 0.29) is 11.9 Å². The number of amides is 1. The molecule has 0 spiro atoms. The molecule has 1 atom stereocenters. The third-order valence-corrected chi connectivity index (χ3v) is 3.30. The summed E-state index contributed by atoms with van der Waals surface area (Å²) in [5.74, 6) is 2.60. The standard InChI is InChI=1S/C14H18N6O2/c1-7(2)4-9-14(21)19-11-12(17-9)15-6-16-13(11)18-10-5-8(3)22-20-10/h5-7,9H,4H2,1-3H3,(H,19,21)(H2,15,16,17,18,20). The van der Waals surface area contributed by atoms with E-state index in [4.69, 9.17) is 4.52 Å². The van der Waals surface area contributed by atoms with Gasteiger partial charge in [0.1, 0.15) is 23.8 Å². The maximum absolute atomic E-state index is 12.2. The van der Waals surface area contributed by atoms with Crippen LogP contribution < -0.4 is 16.0 Å². The number of carbonyl (C=O) groups is 1. The Bertz CT molecular complexity index is 696. The average molecular weight is 302 g/mol. The van der Waals surface area contributed by atoms with Crippen LogP contribution in [-0.4, -0.2) is 27.1 Å². The molecular formula is C14H18N6O2. The minimum atomic E-state index is -0.287. The van der Waals surface area contributed by atoms with Crippen LogP contribution >= 0.6 is 0 Å². The molecule has 3 heterocycles. The van der Waals surface area contributed by atoms with Gasteiger partial charge in [-0.3, -0.25) is 4.79 Å². The predicted molar refractivity (Wildman–Crippen MR) is 82.1 cm³/mol. The Labute approximate surface area is 127 Å². The molecule has 3 N–H and O–H groups in total. The third-order valence-electron chi connectivity index (χ3n) is 3.30. The van der Waals surface area contributed by atoms with Crippen LogP contribution in [0, 0.1) is 12.8 Å². The Morgan fingerprint density at radius 1 is 1.41 bits per heavy atom. The monoisotopic (exact) mass is 302 g/mol. The van der Waals surface area contributed by atoms with E-state index in [0.29, 0.717) is 34.8 Å². The molecule has 8 heteroatoms. The van der Waals surface area contributed by atoms with Crippen LogP contribution in [0.25, 0.3) is 0 Å². The highest BCUT2D eigenvalue weighted by molar-refractivity contribution is 6.05. The number of anilines is 4. The number of hydrogen-bond donors (Lipinski definition) is 3. The van der Waals surface area contributed by atoms with Crippen LogP contribution in [0.1, 0.15) is 26.0 Å². The van der Waals surface area contributed by atoms with Crippen LogP contribution in [-0.2, 0) is 4.79 Å². The van der Waals surface area contributed by atoms with Gasteiger partial charge in [-0.05, 0) is 19.3 Å². The molecule has 1 aliphatic rings. The second kappa shape index (κ2) is 5.63. The van der Waals surface area contributed by atoms with Crippen LogP contribution in [0.3, 0.4) is 0 Å². The number of aromatic nitrogens is 3. The first-order valence-electron chi connectivity index (χ1n) is 7.15. The highest BCUT2D eigenvalue weighted by Crippen LogP contribution is 2.33. The zero-order valence-corrected chi connectivity index (χ0v) is 12.7. The van der Waals surface area contributed by atoms with Crippen molar-refractivity contribution in [3.8, 4) is 0 Å². The lowest BCUT2D eigenvalue weighted by atomic mass is 10.0. The van der Waals surface area contributed by atoms with E-state index in [1.165, 1.54) is 6.33 Å². The summed E-state index contributed by atoms with van der Waals surface area (Å²) in [5, 5.41) is 12.9. The minimum absolute atomic E-state index is 0.0876. The molecule has 3 rings (SSSR count). The van der Waals surface area contributed by atoms with Crippen molar-refractivity contribution in [1.29, 1.82) is 0 Å². The molecule has 0 saturated heterocycles. The van der Waals surface area contributed by atoms with Crippen molar-refractivity contribution in [2.45, 2.75) is 33.2 Å². The van der Waals surface area contributed by atoms with Crippen molar-refractivity contribution in [2.75, 3.05) is 16.0 Å². The van der Waals surface area contributed by atoms with Gasteiger partial charge in [0.25, 0.3) is 0 Å². The van der Waals surface area contributed by atoms with Gasteiger partial charge in [-0.2, -0.15) is 0 Å². The third kappa shape index (κ3) is 2.85. The topological polar surface area (TPSA) is 105 Å². The smallest absolute Gasteiger partial charge is 0.247 e. The van der Waals surface area contributed by atoms with Crippen molar-refractivity contribution >= 4 is 29.0 Å². The van der Waals surface area contributed by atoms with Gasteiger partial charge >= 0.3 is 0 Å². The molecule has 0 aromatic carbocycles. The molecule has 0 aliphatic carbocycles. The summed E-state index contributed by atoms with van der Waals surface area (Å²) >= 11 is 0. The number of rotatable bonds is 4. The SMILES string of the molecule is Cc1cc(Nc2ncnc3c2NC(=O)C(CC(C)C)N3)no1. The lowest BCUT2D eigenvalue weighted by Crippen LogP contribution is -2.40. The summed E-state index contributed by atoms with van der Waals surface area (Å²) in [6.07, 6.45) is 2.17. The summed E-state index contributed by atoms with van der Waals surface area (Å²) in [5.41, 5.74) is 0.521. The fourth-order valence-electron chi connectivity index (χ4n) is 2.33. The van der Waals surface area contributed by atoms with E-state index >= 15 is 0 Å². The number of fused-ring (bicyclic) bond motifs is 1. The molecule has 116 valence electrons. The average Bonchev–Trinajstić information content (AvgIpc) is 2.85. The molecule has 0 saturated carbocycles. The summed E-state index contributed by atoms with van der Waals surface area (Å²) < 4.78 is 5.00. The normalized spacial score (nSPS) is 16.9. The fourth-order valence-corrected chi connectivity index (χ4v) is 2.33. The van der Waals surface area contributed by atoms with Crippen molar-refractivity contribution < 1.29 is 9.32 Å². The summed E-state index contributed by atoms with van der Waals surface area (Å²) in [7, 11) is 0. The highest BCUT2D eigenvalue weighted by atomic mass is 16.5. The first-order valence-corrected chi connectivity index (χ1v) is 7.15. The number of nitrogens with zero attached hydrogens (tertiary/aromatic N) is 3. The van der Waals surface area contributed by atoms with Gasteiger partial charge in [0.15, 0.2) is 17.5 Å². The summed E-state index contributed by atoms with van der Waals surface area (Å²) in [4.78, 5) is 20.6. The van der Waals surface area contributed by atoms with E-state index in [1.807, 2.05) is 0 Å². The lowest BCUT2D eigenvalue weighted by molar-refractivity contribution is -0.117. The summed E-state index contributed by atoms with van der Waals surface area (Å²) in [6, 6.07) is 1.46. The zero-order chi connectivity index (χ0) is 15.7.